The fraction of sp³-hybridized carbons (Fsp3) is 0.857. The SMILES string of the molecule is CC1CC(C2C=NCC(OC(F)F)C2)CC2C1C(=O)N(C1C=NN(CC(F)(F)F)C1)C2C. The molecule has 0 aromatic rings. The van der Waals surface area contributed by atoms with Crippen LogP contribution in [0, 0.1) is 29.6 Å². The molecule has 0 aromatic carbocycles. The van der Waals surface area contributed by atoms with Crippen LogP contribution >= 0.6 is 0 Å². The van der Waals surface area contributed by atoms with Gasteiger partial charge in [0, 0.05) is 24.4 Å². The number of alkyl halides is 5. The minimum atomic E-state index is -4.35. The first kappa shape index (κ1) is 23.4. The van der Waals surface area contributed by atoms with Gasteiger partial charge in [-0.15, -0.1) is 0 Å². The summed E-state index contributed by atoms with van der Waals surface area (Å²) >= 11 is 0. The van der Waals surface area contributed by atoms with E-state index in [0.29, 0.717) is 6.42 Å². The van der Waals surface area contributed by atoms with E-state index in [-0.39, 0.29) is 54.6 Å². The van der Waals surface area contributed by atoms with Crippen LogP contribution in [0.1, 0.15) is 33.1 Å². The van der Waals surface area contributed by atoms with Crippen LogP contribution in [0.25, 0.3) is 0 Å². The van der Waals surface area contributed by atoms with Gasteiger partial charge in [0.15, 0.2) is 0 Å². The van der Waals surface area contributed by atoms with Crippen molar-refractivity contribution in [2.75, 3.05) is 19.6 Å². The quantitative estimate of drug-likeness (QED) is 0.586. The second-order valence-electron chi connectivity index (χ2n) is 9.61. The Labute approximate surface area is 183 Å². The zero-order chi connectivity index (χ0) is 23.2. The molecule has 1 saturated carbocycles. The van der Waals surface area contributed by atoms with E-state index >= 15 is 0 Å². The lowest BCUT2D eigenvalue weighted by Crippen LogP contribution is -2.46. The normalized spacial score (nSPS) is 39.9. The third-order valence-electron chi connectivity index (χ3n) is 7.48. The van der Waals surface area contributed by atoms with E-state index in [9.17, 15) is 26.7 Å². The second-order valence-corrected chi connectivity index (χ2v) is 9.61. The van der Waals surface area contributed by atoms with Crippen LogP contribution in [-0.4, -0.2) is 78.9 Å². The summed E-state index contributed by atoms with van der Waals surface area (Å²) in [6.07, 6.45) is 0.357. The summed E-state index contributed by atoms with van der Waals surface area (Å²) in [6, 6.07) is -0.607. The molecule has 8 unspecified atom stereocenters. The van der Waals surface area contributed by atoms with E-state index in [4.69, 9.17) is 0 Å². The third kappa shape index (κ3) is 4.77. The predicted molar refractivity (Wildman–Crippen MR) is 107 cm³/mol. The molecule has 3 aliphatic heterocycles. The van der Waals surface area contributed by atoms with E-state index in [1.807, 2.05) is 20.1 Å². The number of halogens is 5. The lowest BCUT2D eigenvalue weighted by Gasteiger charge is -2.40. The summed E-state index contributed by atoms with van der Waals surface area (Å²) in [7, 11) is 0. The number of nitrogens with zero attached hydrogens (tertiary/aromatic N) is 4. The molecule has 0 radical (unpaired) electrons. The second kappa shape index (κ2) is 8.87. The number of carbonyl (C=O) groups excluding carboxylic acids is 1. The van der Waals surface area contributed by atoms with Gasteiger partial charge < -0.3 is 9.64 Å². The molecule has 1 amide bonds. The first-order valence-electron chi connectivity index (χ1n) is 11.1. The van der Waals surface area contributed by atoms with Gasteiger partial charge in [0.05, 0.1) is 25.2 Å². The van der Waals surface area contributed by atoms with Crippen LogP contribution in [-0.2, 0) is 9.53 Å². The van der Waals surface area contributed by atoms with Crippen molar-refractivity contribution in [2.24, 2.45) is 39.7 Å². The molecule has 0 N–H and O–H groups in total. The molecular formula is C21H29F5N4O2. The lowest BCUT2D eigenvalue weighted by atomic mass is 9.64. The van der Waals surface area contributed by atoms with E-state index in [1.54, 1.807) is 4.90 Å². The van der Waals surface area contributed by atoms with Gasteiger partial charge in [-0.05, 0) is 49.9 Å². The Morgan fingerprint density at radius 3 is 2.62 bits per heavy atom. The van der Waals surface area contributed by atoms with Crippen molar-refractivity contribution in [3.8, 4) is 0 Å². The predicted octanol–water partition coefficient (Wildman–Crippen LogP) is 3.43. The van der Waals surface area contributed by atoms with E-state index < -0.39 is 31.5 Å². The molecule has 0 bridgehead atoms. The Morgan fingerprint density at radius 1 is 1.19 bits per heavy atom. The average molecular weight is 464 g/mol. The fourth-order valence-electron chi connectivity index (χ4n) is 6.22. The van der Waals surface area contributed by atoms with E-state index in [2.05, 4.69) is 14.8 Å². The molecule has 32 heavy (non-hydrogen) atoms. The number of rotatable bonds is 5. The Morgan fingerprint density at radius 2 is 1.94 bits per heavy atom. The maximum atomic E-state index is 13.3. The molecule has 1 saturated heterocycles. The van der Waals surface area contributed by atoms with Crippen molar-refractivity contribution in [3.63, 3.8) is 0 Å². The van der Waals surface area contributed by atoms with Gasteiger partial charge >= 0.3 is 12.8 Å². The minimum Gasteiger partial charge on any atom is -0.330 e. The van der Waals surface area contributed by atoms with E-state index in [1.165, 1.54) is 6.21 Å². The maximum Gasteiger partial charge on any atom is 0.407 e. The summed E-state index contributed by atoms with van der Waals surface area (Å²) in [5.41, 5.74) is 0. The van der Waals surface area contributed by atoms with Crippen molar-refractivity contribution >= 4 is 18.3 Å². The van der Waals surface area contributed by atoms with Crippen molar-refractivity contribution in [2.45, 2.75) is 64.1 Å². The monoisotopic (exact) mass is 464 g/mol. The molecule has 0 spiro atoms. The number of hydrogen-bond acceptors (Lipinski definition) is 5. The van der Waals surface area contributed by atoms with Crippen molar-refractivity contribution in [1.29, 1.82) is 0 Å². The highest BCUT2D eigenvalue weighted by Crippen LogP contribution is 2.49. The van der Waals surface area contributed by atoms with Crippen LogP contribution in [0.2, 0.25) is 0 Å². The number of hydrogen-bond donors (Lipinski definition) is 0. The van der Waals surface area contributed by atoms with Crippen molar-refractivity contribution in [3.05, 3.63) is 0 Å². The highest BCUT2D eigenvalue weighted by Gasteiger charge is 2.54. The molecule has 11 heteroatoms. The first-order chi connectivity index (χ1) is 15.0. The van der Waals surface area contributed by atoms with Gasteiger partial charge in [0.25, 0.3) is 0 Å². The Kier molecular flexibility index (Phi) is 6.48. The number of aliphatic imine (C=N–C) groups is 1. The van der Waals surface area contributed by atoms with Crippen molar-refractivity contribution < 1.29 is 31.5 Å². The van der Waals surface area contributed by atoms with Gasteiger partial charge in [-0.25, -0.2) is 0 Å². The minimum absolute atomic E-state index is 0.0163. The Balaban J connectivity index is 1.43. The molecule has 2 fully saturated rings. The van der Waals surface area contributed by atoms with Crippen molar-refractivity contribution in [1.82, 2.24) is 9.91 Å². The van der Waals surface area contributed by atoms with Crippen LogP contribution in [0.3, 0.4) is 0 Å². The topological polar surface area (TPSA) is 57.5 Å². The molecule has 1 aliphatic carbocycles. The molecule has 180 valence electrons. The Bertz CT molecular complexity index is 761. The summed E-state index contributed by atoms with van der Waals surface area (Å²) in [6.45, 7) is 0.293. The van der Waals surface area contributed by atoms with Gasteiger partial charge in [-0.3, -0.25) is 14.8 Å². The number of carbonyl (C=O) groups is 1. The third-order valence-corrected chi connectivity index (χ3v) is 7.48. The van der Waals surface area contributed by atoms with Crippen LogP contribution < -0.4 is 0 Å². The number of likely N-dealkylation sites (tertiary alicyclic amines) is 1. The average Bonchev–Trinajstić information content (AvgIpc) is 3.22. The zero-order valence-electron chi connectivity index (χ0n) is 18.1. The van der Waals surface area contributed by atoms with Gasteiger partial charge in [-0.1, -0.05) is 6.92 Å². The lowest BCUT2D eigenvalue weighted by molar-refractivity contribution is -0.165. The molecule has 6 nitrogen and oxygen atoms in total. The molecular weight excluding hydrogens is 435 g/mol. The summed E-state index contributed by atoms with van der Waals surface area (Å²) < 4.78 is 68.1. The maximum absolute atomic E-state index is 13.3. The molecule has 8 atom stereocenters. The Hall–Kier alpha value is -1.78. The number of amides is 1. The highest BCUT2D eigenvalue weighted by molar-refractivity contribution is 5.86. The molecule has 4 rings (SSSR count). The zero-order valence-corrected chi connectivity index (χ0v) is 18.1. The van der Waals surface area contributed by atoms with Crippen LogP contribution in [0.5, 0.6) is 0 Å². The van der Waals surface area contributed by atoms with E-state index in [0.717, 1.165) is 17.9 Å². The van der Waals surface area contributed by atoms with Gasteiger partial charge in [0.2, 0.25) is 5.91 Å². The van der Waals surface area contributed by atoms with Crippen LogP contribution in [0.4, 0.5) is 22.0 Å². The molecule has 0 aromatic heterocycles. The molecule has 3 heterocycles. The highest BCUT2D eigenvalue weighted by atomic mass is 19.4. The van der Waals surface area contributed by atoms with Gasteiger partial charge in [0.1, 0.15) is 6.54 Å². The largest absolute Gasteiger partial charge is 0.407 e. The molecule has 4 aliphatic rings. The summed E-state index contributed by atoms with van der Waals surface area (Å²) in [5.74, 6) is 0.171. The number of ether oxygens (including phenoxy) is 1. The van der Waals surface area contributed by atoms with Crippen LogP contribution in [0.15, 0.2) is 10.1 Å². The van der Waals surface area contributed by atoms with Gasteiger partial charge in [-0.2, -0.15) is 27.1 Å². The summed E-state index contributed by atoms with van der Waals surface area (Å²) in [4.78, 5) is 19.3. The number of fused-ring (bicyclic) bond motifs is 1. The fourth-order valence-corrected chi connectivity index (χ4v) is 6.22. The summed E-state index contributed by atoms with van der Waals surface area (Å²) in [5, 5.41) is 4.83. The number of hydrazone groups is 1. The standard InChI is InChI=1S/C21H29F5N4O2/c1-11-3-13(14-4-16(8-27-6-14)32-20(22)23)5-17-12(2)30(19(31)18(11)17)15-7-28-29(9-15)10-21(24,25)26/h6-7,11-18,20H,3-5,8-10H2,1-2H3. The first-order valence-corrected chi connectivity index (χ1v) is 11.1. The smallest absolute Gasteiger partial charge is 0.330 e.